The highest BCUT2D eigenvalue weighted by molar-refractivity contribution is 7.88. The van der Waals surface area contributed by atoms with Gasteiger partial charge in [-0.25, -0.2) is 23.0 Å². The molecular formula is C34H40N2O12S. The molecule has 2 atom stereocenters. The number of allylic oxidation sites excluding steroid dienone is 9. The lowest BCUT2D eigenvalue weighted by atomic mass is 9.87. The predicted molar refractivity (Wildman–Crippen MR) is 173 cm³/mol. The van der Waals surface area contributed by atoms with Gasteiger partial charge >= 0.3 is 28.1 Å². The molecule has 1 aliphatic carbocycles. The smallest absolute Gasteiger partial charge is 0.348 e. The second-order valence-electron chi connectivity index (χ2n) is 11.9. The van der Waals surface area contributed by atoms with Crippen molar-refractivity contribution in [3.8, 4) is 0 Å². The molecule has 1 N–H and O–H groups in total. The Labute approximate surface area is 284 Å². The Hall–Kier alpha value is -4.92. The Bertz CT molecular complexity index is 1660. The molecule has 0 radical (unpaired) electrons. The van der Waals surface area contributed by atoms with Crippen LogP contribution in [-0.2, 0) is 53.1 Å². The Balaban J connectivity index is 1.44. The molecule has 14 nitrogen and oxygen atoms in total. The predicted octanol–water partition coefficient (Wildman–Crippen LogP) is 4.01. The molecule has 2 saturated heterocycles. The maximum Gasteiger partial charge on any atom is 0.348 e. The van der Waals surface area contributed by atoms with Crippen molar-refractivity contribution in [3.05, 3.63) is 83.4 Å². The quantitative estimate of drug-likeness (QED) is 0.158. The summed E-state index contributed by atoms with van der Waals surface area (Å²) in [6, 6.07) is -1.37. The highest BCUT2D eigenvalue weighted by Gasteiger charge is 2.56. The van der Waals surface area contributed by atoms with Crippen molar-refractivity contribution in [3.63, 3.8) is 0 Å². The van der Waals surface area contributed by atoms with E-state index in [9.17, 15) is 37.5 Å². The summed E-state index contributed by atoms with van der Waals surface area (Å²) in [5, 5.41) is 10.6. The van der Waals surface area contributed by atoms with Crippen LogP contribution in [0.5, 0.6) is 0 Å². The van der Waals surface area contributed by atoms with Crippen LogP contribution in [0.15, 0.2) is 83.4 Å². The van der Waals surface area contributed by atoms with Crippen LogP contribution < -0.4 is 0 Å². The van der Waals surface area contributed by atoms with Crippen molar-refractivity contribution in [2.24, 2.45) is 0 Å². The summed E-state index contributed by atoms with van der Waals surface area (Å²) in [6.07, 6.45) is 14.8. The van der Waals surface area contributed by atoms with Gasteiger partial charge in [0.15, 0.2) is 0 Å². The van der Waals surface area contributed by atoms with Crippen LogP contribution in [0.2, 0.25) is 0 Å². The van der Waals surface area contributed by atoms with Crippen molar-refractivity contribution in [1.29, 1.82) is 0 Å². The van der Waals surface area contributed by atoms with Gasteiger partial charge in [-0.15, -0.1) is 0 Å². The number of hydrogen-bond acceptors (Lipinski definition) is 12. The average molecular weight is 701 g/mol. The third-order valence-electron chi connectivity index (χ3n) is 8.55. The highest BCUT2D eigenvalue weighted by Crippen LogP contribution is 2.45. The Morgan fingerprint density at radius 3 is 1.61 bits per heavy atom. The molecule has 2 spiro atoms. The summed E-state index contributed by atoms with van der Waals surface area (Å²) in [5.41, 5.74) is -0.927. The molecule has 49 heavy (non-hydrogen) atoms. The standard InChI is InChI=1S/C34H40N2O12S/c1-6-9-10-12-16-25-29(39)45-33(46-30(25)40)18-20-34(21-19-33)47-31(41)26(32(42)48-34)17-14-11-13-15-24-27(37)35(22(4)7-2)49(43,44)36(28(24)38)23(5)8-3/h6,9-17,22-23,41H,7-8,18-21H2,1-5H3/b9-6+,12-10+,13-11+,17-14+,24-15?,25-16?. The van der Waals surface area contributed by atoms with Gasteiger partial charge in [0.2, 0.25) is 0 Å². The fourth-order valence-corrected chi connectivity index (χ4v) is 7.48. The number of hydrogen-bond donors (Lipinski definition) is 1. The second kappa shape index (κ2) is 14.7. The van der Waals surface area contributed by atoms with Crippen molar-refractivity contribution in [1.82, 2.24) is 8.61 Å². The van der Waals surface area contributed by atoms with Gasteiger partial charge in [0, 0.05) is 37.8 Å². The number of rotatable bonds is 9. The van der Waals surface area contributed by atoms with E-state index in [1.807, 2.05) is 6.92 Å². The minimum Gasteiger partial charge on any atom is -0.480 e. The van der Waals surface area contributed by atoms with E-state index in [4.69, 9.17) is 18.9 Å². The number of aliphatic hydroxyl groups is 1. The first-order valence-electron chi connectivity index (χ1n) is 15.9. The topological polar surface area (TPSA) is 183 Å². The fraction of sp³-hybridized carbons (Fsp3) is 0.441. The fourth-order valence-electron chi connectivity index (χ4n) is 5.47. The van der Waals surface area contributed by atoms with Gasteiger partial charge < -0.3 is 24.1 Å². The molecule has 3 heterocycles. The molecule has 264 valence electrons. The van der Waals surface area contributed by atoms with Crippen molar-refractivity contribution in [2.75, 3.05) is 0 Å². The second-order valence-corrected chi connectivity index (χ2v) is 13.5. The van der Waals surface area contributed by atoms with Crippen LogP contribution in [-0.4, -0.2) is 75.5 Å². The molecule has 0 aromatic carbocycles. The summed E-state index contributed by atoms with van der Waals surface area (Å²) in [4.78, 5) is 64.4. The summed E-state index contributed by atoms with van der Waals surface area (Å²) in [7, 11) is -4.37. The molecule has 15 heteroatoms. The van der Waals surface area contributed by atoms with Gasteiger partial charge in [0.25, 0.3) is 29.3 Å². The SMILES string of the molecule is C/C=C/C=C/C=C1C(=O)OC2(CCC3(CC2)OC(=O)C(/C=C/C=C/C=C2C(=O)N(C(C)CC)S(=O)(=O)N(C(C)CC)C2=O)=C(O)O3)OC1=O. The van der Waals surface area contributed by atoms with Gasteiger partial charge in [-0.05, 0) is 51.8 Å². The molecule has 2 amide bonds. The number of nitrogens with zero attached hydrogens (tertiary/aromatic N) is 2. The van der Waals surface area contributed by atoms with Crippen LogP contribution in [0.25, 0.3) is 0 Å². The number of esters is 3. The normalized spacial score (nSPS) is 25.4. The summed E-state index contributed by atoms with van der Waals surface area (Å²) in [5.74, 6) is -8.36. The lowest BCUT2D eigenvalue weighted by Crippen LogP contribution is -2.60. The number of aliphatic hydroxyl groups excluding tert-OH is 1. The zero-order valence-electron chi connectivity index (χ0n) is 27.9. The zero-order valence-corrected chi connectivity index (χ0v) is 28.7. The van der Waals surface area contributed by atoms with Gasteiger partial charge in [-0.3, -0.25) is 9.59 Å². The zero-order chi connectivity index (χ0) is 36.1. The van der Waals surface area contributed by atoms with E-state index in [1.165, 1.54) is 42.5 Å². The lowest BCUT2D eigenvalue weighted by Gasteiger charge is -2.46. The molecule has 0 aromatic rings. The summed E-state index contributed by atoms with van der Waals surface area (Å²) < 4.78 is 49.9. The van der Waals surface area contributed by atoms with E-state index in [0.29, 0.717) is 12.8 Å². The molecule has 3 fully saturated rings. The average Bonchev–Trinajstić information content (AvgIpc) is 3.03. The van der Waals surface area contributed by atoms with Crippen LogP contribution >= 0.6 is 0 Å². The minimum absolute atomic E-state index is 0.0586. The third-order valence-corrected chi connectivity index (χ3v) is 10.6. The molecule has 0 bridgehead atoms. The largest absolute Gasteiger partial charge is 0.480 e. The molecule has 2 unspecified atom stereocenters. The lowest BCUT2D eigenvalue weighted by molar-refractivity contribution is -0.297. The minimum atomic E-state index is -4.37. The third kappa shape index (κ3) is 7.41. The van der Waals surface area contributed by atoms with E-state index in [0.717, 1.165) is 8.61 Å². The Kier molecular flexibility index (Phi) is 11.1. The van der Waals surface area contributed by atoms with Gasteiger partial charge in [0.1, 0.15) is 16.7 Å². The Morgan fingerprint density at radius 1 is 0.694 bits per heavy atom. The highest BCUT2D eigenvalue weighted by atomic mass is 32.2. The number of amides is 2. The van der Waals surface area contributed by atoms with E-state index in [-0.39, 0.29) is 42.4 Å². The monoisotopic (exact) mass is 700 g/mol. The number of carbonyl (C=O) groups is 5. The first-order valence-corrected chi connectivity index (χ1v) is 17.3. The number of carbonyl (C=O) groups excluding carboxylic acids is 5. The van der Waals surface area contributed by atoms with Gasteiger partial charge in [-0.1, -0.05) is 56.4 Å². The van der Waals surface area contributed by atoms with Crippen LogP contribution in [0, 0.1) is 0 Å². The number of ether oxygens (including phenoxy) is 4. The van der Waals surface area contributed by atoms with E-state index in [1.54, 1.807) is 45.9 Å². The van der Waals surface area contributed by atoms with Crippen molar-refractivity contribution < 1.29 is 56.4 Å². The summed E-state index contributed by atoms with van der Waals surface area (Å²) in [6.45, 7) is 8.43. The van der Waals surface area contributed by atoms with E-state index >= 15 is 0 Å². The molecule has 3 aliphatic heterocycles. The Morgan fingerprint density at radius 2 is 1.14 bits per heavy atom. The van der Waals surface area contributed by atoms with Crippen molar-refractivity contribution in [2.45, 2.75) is 96.8 Å². The van der Waals surface area contributed by atoms with Gasteiger partial charge in [-0.2, -0.15) is 8.42 Å². The van der Waals surface area contributed by atoms with Crippen LogP contribution in [0.3, 0.4) is 0 Å². The molecule has 4 aliphatic rings. The van der Waals surface area contributed by atoms with E-state index < -0.39 is 69.5 Å². The first kappa shape index (κ1) is 36.9. The van der Waals surface area contributed by atoms with E-state index in [2.05, 4.69) is 0 Å². The molecule has 1 saturated carbocycles. The van der Waals surface area contributed by atoms with Crippen LogP contribution in [0.1, 0.15) is 73.1 Å². The molecule has 0 aromatic heterocycles. The molecule has 4 rings (SSSR count). The molecular weight excluding hydrogens is 660 g/mol. The van der Waals surface area contributed by atoms with Crippen molar-refractivity contribution >= 4 is 39.9 Å². The van der Waals surface area contributed by atoms with Gasteiger partial charge in [0.05, 0.1) is 0 Å². The van der Waals surface area contributed by atoms with Crippen LogP contribution in [0.4, 0.5) is 0 Å². The maximum absolute atomic E-state index is 13.2. The maximum atomic E-state index is 13.2. The summed E-state index contributed by atoms with van der Waals surface area (Å²) >= 11 is 0. The first-order chi connectivity index (χ1) is 23.2.